The molecule has 206 valence electrons. The second-order valence-electron chi connectivity index (χ2n) is 10.5. The Morgan fingerprint density at radius 3 is 2.70 bits per heavy atom. The summed E-state index contributed by atoms with van der Waals surface area (Å²) < 4.78 is 25.1. The fourth-order valence-corrected chi connectivity index (χ4v) is 5.01. The van der Waals surface area contributed by atoms with E-state index in [0.717, 1.165) is 42.7 Å². The van der Waals surface area contributed by atoms with Crippen molar-refractivity contribution in [2.24, 2.45) is 0 Å². The van der Waals surface area contributed by atoms with E-state index >= 15 is 0 Å². The number of nitrogens with zero attached hydrogens (tertiary/aromatic N) is 3. The van der Waals surface area contributed by atoms with Gasteiger partial charge in [0.1, 0.15) is 12.2 Å². The Balaban J connectivity index is 1.17. The lowest BCUT2D eigenvalue weighted by molar-refractivity contribution is 0.0584. The van der Waals surface area contributed by atoms with Crippen LogP contribution in [0.5, 0.6) is 0 Å². The number of amides is 1. The van der Waals surface area contributed by atoms with Crippen molar-refractivity contribution < 1.29 is 18.3 Å². The molecular formula is C32H33FN4O3. The number of oxazole rings is 1. The fourth-order valence-electron chi connectivity index (χ4n) is 5.01. The predicted octanol–water partition coefficient (Wildman–Crippen LogP) is 5.98. The van der Waals surface area contributed by atoms with Crippen LogP contribution in [0, 0.1) is 11.3 Å². The van der Waals surface area contributed by atoms with Gasteiger partial charge in [-0.1, -0.05) is 38.1 Å². The molecule has 2 heterocycles. The SMILES string of the molecule is CC(C)c1cc(C#N)cc2nc(-c3ccc(C(=O)NC[C@@H]4CCN(Cc5cccc(CF)c5)CCO4)cc3)oc12. The molecule has 7 nitrogen and oxygen atoms in total. The Hall–Kier alpha value is -4.06. The number of hydrogen-bond acceptors (Lipinski definition) is 6. The molecule has 0 aliphatic carbocycles. The average molecular weight is 541 g/mol. The number of carbonyl (C=O) groups excluding carboxylic acids is 1. The first kappa shape index (κ1) is 27.5. The van der Waals surface area contributed by atoms with Crippen LogP contribution in [-0.2, 0) is 18.0 Å². The highest BCUT2D eigenvalue weighted by atomic mass is 19.1. The van der Waals surface area contributed by atoms with E-state index in [1.807, 2.05) is 36.4 Å². The van der Waals surface area contributed by atoms with E-state index in [0.29, 0.717) is 46.8 Å². The molecule has 1 N–H and O–H groups in total. The summed E-state index contributed by atoms with van der Waals surface area (Å²) in [5, 5.41) is 12.4. The summed E-state index contributed by atoms with van der Waals surface area (Å²) in [7, 11) is 0. The van der Waals surface area contributed by atoms with Crippen LogP contribution in [0.4, 0.5) is 4.39 Å². The molecule has 1 aliphatic rings. The molecule has 0 bridgehead atoms. The number of hydrogen-bond donors (Lipinski definition) is 1. The molecule has 1 fully saturated rings. The monoisotopic (exact) mass is 540 g/mol. The summed E-state index contributed by atoms with van der Waals surface area (Å²) in [6, 6.07) is 20.5. The van der Waals surface area contributed by atoms with Crippen LogP contribution in [0.2, 0.25) is 0 Å². The Morgan fingerprint density at radius 2 is 1.95 bits per heavy atom. The van der Waals surface area contributed by atoms with Crippen molar-refractivity contribution in [3.8, 4) is 17.5 Å². The molecule has 8 heteroatoms. The normalized spacial score (nSPS) is 16.1. The lowest BCUT2D eigenvalue weighted by Gasteiger charge is -2.19. The van der Waals surface area contributed by atoms with Gasteiger partial charge in [0.15, 0.2) is 5.58 Å². The number of alkyl halides is 1. The van der Waals surface area contributed by atoms with Crippen molar-refractivity contribution >= 4 is 17.0 Å². The second kappa shape index (κ2) is 12.4. The van der Waals surface area contributed by atoms with E-state index in [1.165, 1.54) is 0 Å². The molecule has 0 saturated carbocycles. The van der Waals surface area contributed by atoms with Gasteiger partial charge in [0.05, 0.1) is 24.3 Å². The molecule has 5 rings (SSSR count). The molecule has 1 saturated heterocycles. The van der Waals surface area contributed by atoms with Gasteiger partial charge in [-0.2, -0.15) is 5.26 Å². The number of rotatable bonds is 8. The summed E-state index contributed by atoms with van der Waals surface area (Å²) >= 11 is 0. The van der Waals surface area contributed by atoms with Gasteiger partial charge in [0.2, 0.25) is 5.89 Å². The molecule has 0 radical (unpaired) electrons. The molecule has 1 amide bonds. The van der Waals surface area contributed by atoms with E-state index in [-0.39, 0.29) is 17.9 Å². The number of carbonyl (C=O) groups is 1. The molecule has 0 unspecified atom stereocenters. The highest BCUT2D eigenvalue weighted by Crippen LogP contribution is 2.31. The van der Waals surface area contributed by atoms with Gasteiger partial charge < -0.3 is 14.5 Å². The zero-order valence-electron chi connectivity index (χ0n) is 22.8. The fraction of sp³-hybridized carbons (Fsp3) is 0.344. The van der Waals surface area contributed by atoms with Gasteiger partial charge >= 0.3 is 0 Å². The minimum absolute atomic E-state index is 0.0707. The van der Waals surface area contributed by atoms with Crippen LogP contribution < -0.4 is 5.32 Å². The van der Waals surface area contributed by atoms with E-state index < -0.39 is 6.67 Å². The van der Waals surface area contributed by atoms with Crippen LogP contribution in [-0.4, -0.2) is 48.1 Å². The second-order valence-corrected chi connectivity index (χ2v) is 10.5. The largest absolute Gasteiger partial charge is 0.436 e. The minimum Gasteiger partial charge on any atom is -0.436 e. The maximum Gasteiger partial charge on any atom is 0.251 e. The lowest BCUT2D eigenvalue weighted by atomic mass is 10.00. The maximum atomic E-state index is 13.0. The summed E-state index contributed by atoms with van der Waals surface area (Å²) in [4.78, 5) is 19.7. The predicted molar refractivity (Wildman–Crippen MR) is 151 cm³/mol. The molecule has 1 aromatic heterocycles. The third-order valence-corrected chi connectivity index (χ3v) is 7.23. The number of nitrogens with one attached hydrogen (secondary N) is 1. The van der Waals surface area contributed by atoms with Crippen molar-refractivity contribution in [1.82, 2.24) is 15.2 Å². The number of fused-ring (bicyclic) bond motifs is 1. The Morgan fingerprint density at radius 1 is 1.15 bits per heavy atom. The summed E-state index contributed by atoms with van der Waals surface area (Å²) in [6.07, 6.45) is 0.727. The van der Waals surface area contributed by atoms with Crippen molar-refractivity contribution in [2.75, 3.05) is 26.2 Å². The lowest BCUT2D eigenvalue weighted by Crippen LogP contribution is -2.34. The number of ether oxygens (including phenoxy) is 1. The standard InChI is InChI=1S/C32H33FN4O3/c1-21(2)28-15-24(18-34)16-29-30(28)40-32(36-29)26-8-6-25(7-9-26)31(38)35-19-27-10-11-37(12-13-39-27)20-23-5-3-4-22(14-23)17-33/h3-9,14-16,21,27H,10-13,17,19-20H2,1-2H3,(H,35,38)/t27-/m0/s1. The number of nitriles is 1. The topological polar surface area (TPSA) is 91.4 Å². The molecule has 0 spiro atoms. The smallest absolute Gasteiger partial charge is 0.251 e. The van der Waals surface area contributed by atoms with Gasteiger partial charge in [-0.3, -0.25) is 9.69 Å². The molecule has 1 atom stereocenters. The first-order valence-corrected chi connectivity index (χ1v) is 13.6. The van der Waals surface area contributed by atoms with E-state index in [9.17, 15) is 14.4 Å². The van der Waals surface area contributed by atoms with Gasteiger partial charge in [0.25, 0.3) is 5.91 Å². The number of aromatic nitrogens is 1. The van der Waals surface area contributed by atoms with Crippen LogP contribution in [0.25, 0.3) is 22.6 Å². The highest BCUT2D eigenvalue weighted by molar-refractivity contribution is 5.94. The van der Waals surface area contributed by atoms with E-state index in [4.69, 9.17) is 9.15 Å². The van der Waals surface area contributed by atoms with E-state index in [1.54, 1.807) is 24.3 Å². The van der Waals surface area contributed by atoms with E-state index in [2.05, 4.69) is 35.1 Å². The van der Waals surface area contributed by atoms with Gasteiger partial charge in [-0.05, 0) is 59.9 Å². The first-order valence-electron chi connectivity index (χ1n) is 13.6. The Labute approximate surface area is 233 Å². The van der Waals surface area contributed by atoms with Crippen molar-refractivity contribution in [2.45, 2.75) is 45.5 Å². The van der Waals surface area contributed by atoms with Gasteiger partial charge in [-0.15, -0.1) is 0 Å². The zero-order valence-corrected chi connectivity index (χ0v) is 22.8. The Kier molecular flexibility index (Phi) is 8.54. The summed E-state index contributed by atoms with van der Waals surface area (Å²) in [5.41, 5.74) is 5.91. The third kappa shape index (κ3) is 6.39. The molecule has 1 aliphatic heterocycles. The number of halogens is 1. The molecule has 4 aromatic rings. The van der Waals surface area contributed by atoms with Crippen LogP contribution in [0.1, 0.15) is 58.8 Å². The van der Waals surface area contributed by atoms with Crippen LogP contribution in [0.15, 0.2) is 65.1 Å². The highest BCUT2D eigenvalue weighted by Gasteiger charge is 2.20. The molecule has 40 heavy (non-hydrogen) atoms. The Bertz CT molecular complexity index is 1520. The van der Waals surface area contributed by atoms with Crippen molar-refractivity contribution in [3.63, 3.8) is 0 Å². The average Bonchev–Trinajstić information content (AvgIpc) is 3.29. The van der Waals surface area contributed by atoms with Gasteiger partial charge in [0, 0.05) is 42.9 Å². The molecule has 3 aromatic carbocycles. The van der Waals surface area contributed by atoms with Crippen LogP contribution >= 0.6 is 0 Å². The quantitative estimate of drug-likeness (QED) is 0.296. The third-order valence-electron chi connectivity index (χ3n) is 7.23. The van der Waals surface area contributed by atoms with Crippen LogP contribution in [0.3, 0.4) is 0 Å². The van der Waals surface area contributed by atoms with Gasteiger partial charge in [-0.25, -0.2) is 9.37 Å². The molecular weight excluding hydrogens is 507 g/mol. The van der Waals surface area contributed by atoms with Crippen molar-refractivity contribution in [3.05, 3.63) is 88.5 Å². The summed E-state index contributed by atoms with van der Waals surface area (Å²) in [5.74, 6) is 0.465. The number of benzene rings is 3. The summed E-state index contributed by atoms with van der Waals surface area (Å²) in [6.45, 7) is 7.04. The maximum absolute atomic E-state index is 13.0. The first-order chi connectivity index (χ1) is 19.4. The van der Waals surface area contributed by atoms with Crippen molar-refractivity contribution in [1.29, 1.82) is 5.26 Å². The zero-order chi connectivity index (χ0) is 28.1. The minimum atomic E-state index is -0.457.